The van der Waals surface area contributed by atoms with Crippen LogP contribution < -0.4 is 5.32 Å². The largest absolute Gasteiger partial charge is 0.307 e. The molecule has 0 spiro atoms. The lowest BCUT2D eigenvalue weighted by molar-refractivity contribution is 0.356. The van der Waals surface area contributed by atoms with Gasteiger partial charge in [0.1, 0.15) is 0 Å². The van der Waals surface area contributed by atoms with Gasteiger partial charge < -0.3 is 5.32 Å². The molecule has 2 atom stereocenters. The zero-order valence-corrected chi connectivity index (χ0v) is 12.2. The van der Waals surface area contributed by atoms with Gasteiger partial charge >= 0.3 is 0 Å². The van der Waals surface area contributed by atoms with Crippen molar-refractivity contribution in [1.29, 1.82) is 0 Å². The molecule has 0 heterocycles. The SMILES string of the molecule is CCC(N[C@@H](C)c1cccc(Br)c1)C(C)C. The van der Waals surface area contributed by atoms with Crippen molar-refractivity contribution in [2.45, 2.75) is 46.2 Å². The molecule has 1 nitrogen and oxygen atoms in total. The lowest BCUT2D eigenvalue weighted by atomic mass is 9.99. The third-order valence-electron chi connectivity index (χ3n) is 3.06. The lowest BCUT2D eigenvalue weighted by Crippen LogP contribution is -2.35. The van der Waals surface area contributed by atoms with E-state index in [1.807, 2.05) is 0 Å². The summed E-state index contributed by atoms with van der Waals surface area (Å²) in [4.78, 5) is 0. The maximum Gasteiger partial charge on any atom is 0.0294 e. The van der Waals surface area contributed by atoms with Gasteiger partial charge in [-0.1, -0.05) is 48.8 Å². The van der Waals surface area contributed by atoms with Gasteiger partial charge in [0.2, 0.25) is 0 Å². The second-order valence-corrected chi connectivity index (χ2v) is 5.62. The lowest BCUT2D eigenvalue weighted by Gasteiger charge is -2.25. The number of hydrogen-bond donors (Lipinski definition) is 1. The molecular formula is C14H22BrN. The third-order valence-corrected chi connectivity index (χ3v) is 3.55. The van der Waals surface area contributed by atoms with Crippen LogP contribution in [0, 0.1) is 5.92 Å². The van der Waals surface area contributed by atoms with Gasteiger partial charge in [-0.25, -0.2) is 0 Å². The molecule has 0 radical (unpaired) electrons. The standard InChI is InChI=1S/C14H22BrN/c1-5-14(10(2)3)16-11(4)12-7-6-8-13(15)9-12/h6-11,14,16H,5H2,1-4H3/t11-,14?/m0/s1. The van der Waals surface area contributed by atoms with Crippen molar-refractivity contribution in [3.63, 3.8) is 0 Å². The van der Waals surface area contributed by atoms with Crippen molar-refractivity contribution in [2.75, 3.05) is 0 Å². The Hall–Kier alpha value is -0.340. The van der Waals surface area contributed by atoms with Crippen LogP contribution in [0.25, 0.3) is 0 Å². The van der Waals surface area contributed by atoms with E-state index in [0.717, 1.165) is 4.47 Å². The van der Waals surface area contributed by atoms with E-state index in [9.17, 15) is 0 Å². The Morgan fingerprint density at radius 1 is 1.25 bits per heavy atom. The molecule has 0 fully saturated rings. The van der Waals surface area contributed by atoms with E-state index in [4.69, 9.17) is 0 Å². The van der Waals surface area contributed by atoms with Gasteiger partial charge in [0.15, 0.2) is 0 Å². The van der Waals surface area contributed by atoms with Gasteiger partial charge in [-0.15, -0.1) is 0 Å². The Morgan fingerprint density at radius 2 is 1.94 bits per heavy atom. The van der Waals surface area contributed by atoms with Gasteiger partial charge in [0, 0.05) is 16.6 Å². The van der Waals surface area contributed by atoms with Crippen LogP contribution in [-0.2, 0) is 0 Å². The first-order valence-corrected chi connectivity index (χ1v) is 6.85. The number of rotatable bonds is 5. The molecule has 0 saturated heterocycles. The monoisotopic (exact) mass is 283 g/mol. The summed E-state index contributed by atoms with van der Waals surface area (Å²) < 4.78 is 1.15. The van der Waals surface area contributed by atoms with Crippen molar-refractivity contribution >= 4 is 15.9 Å². The van der Waals surface area contributed by atoms with E-state index in [2.05, 4.69) is 73.2 Å². The van der Waals surface area contributed by atoms with Crippen molar-refractivity contribution < 1.29 is 0 Å². The second-order valence-electron chi connectivity index (χ2n) is 4.70. The minimum Gasteiger partial charge on any atom is -0.307 e. The van der Waals surface area contributed by atoms with E-state index in [1.54, 1.807) is 0 Å². The zero-order chi connectivity index (χ0) is 12.1. The van der Waals surface area contributed by atoms with Gasteiger partial charge in [-0.3, -0.25) is 0 Å². The molecule has 0 aliphatic carbocycles. The Bertz CT molecular complexity index is 322. The molecule has 90 valence electrons. The van der Waals surface area contributed by atoms with E-state index in [0.29, 0.717) is 18.0 Å². The highest BCUT2D eigenvalue weighted by atomic mass is 79.9. The van der Waals surface area contributed by atoms with Crippen LogP contribution in [0.3, 0.4) is 0 Å². The Kier molecular flexibility index (Phi) is 5.50. The molecule has 2 heteroatoms. The Morgan fingerprint density at radius 3 is 2.44 bits per heavy atom. The first kappa shape index (κ1) is 13.7. The van der Waals surface area contributed by atoms with E-state index in [1.165, 1.54) is 12.0 Å². The summed E-state index contributed by atoms with van der Waals surface area (Å²) in [6, 6.07) is 9.52. The van der Waals surface area contributed by atoms with Crippen LogP contribution in [0.2, 0.25) is 0 Å². The number of nitrogens with one attached hydrogen (secondary N) is 1. The topological polar surface area (TPSA) is 12.0 Å². The fourth-order valence-corrected chi connectivity index (χ4v) is 2.39. The van der Waals surface area contributed by atoms with Crippen LogP contribution in [0.1, 0.15) is 45.7 Å². The highest BCUT2D eigenvalue weighted by Gasteiger charge is 2.14. The fraction of sp³-hybridized carbons (Fsp3) is 0.571. The quantitative estimate of drug-likeness (QED) is 0.837. The summed E-state index contributed by atoms with van der Waals surface area (Å²) in [6.45, 7) is 9.02. The normalized spacial score (nSPS) is 15.1. The molecule has 0 aliphatic rings. The van der Waals surface area contributed by atoms with Crippen LogP contribution in [0.4, 0.5) is 0 Å². The van der Waals surface area contributed by atoms with Crippen LogP contribution in [0.15, 0.2) is 28.7 Å². The number of hydrogen-bond acceptors (Lipinski definition) is 1. The summed E-state index contributed by atoms with van der Waals surface area (Å²) in [5, 5.41) is 3.69. The molecule has 1 rings (SSSR count). The maximum absolute atomic E-state index is 3.69. The fourth-order valence-electron chi connectivity index (χ4n) is 1.97. The average molecular weight is 284 g/mol. The second kappa shape index (κ2) is 6.41. The minimum absolute atomic E-state index is 0.407. The molecule has 1 unspecified atom stereocenters. The first-order chi connectivity index (χ1) is 7.54. The number of halogens is 1. The van der Waals surface area contributed by atoms with Gasteiger partial charge in [0.25, 0.3) is 0 Å². The summed E-state index contributed by atoms with van der Waals surface area (Å²) in [6.07, 6.45) is 1.18. The summed E-state index contributed by atoms with van der Waals surface area (Å²) >= 11 is 3.51. The van der Waals surface area contributed by atoms with E-state index >= 15 is 0 Å². The van der Waals surface area contributed by atoms with Crippen molar-refractivity contribution in [2.24, 2.45) is 5.92 Å². The minimum atomic E-state index is 0.407. The molecule has 0 aliphatic heterocycles. The van der Waals surface area contributed by atoms with E-state index in [-0.39, 0.29) is 0 Å². The van der Waals surface area contributed by atoms with Crippen LogP contribution in [0.5, 0.6) is 0 Å². The molecular weight excluding hydrogens is 262 g/mol. The predicted molar refractivity (Wildman–Crippen MR) is 74.6 cm³/mol. The van der Waals surface area contributed by atoms with Crippen molar-refractivity contribution in [3.8, 4) is 0 Å². The third kappa shape index (κ3) is 3.91. The van der Waals surface area contributed by atoms with Gasteiger partial charge in [-0.2, -0.15) is 0 Å². The summed E-state index contributed by atoms with van der Waals surface area (Å²) in [7, 11) is 0. The first-order valence-electron chi connectivity index (χ1n) is 6.06. The van der Waals surface area contributed by atoms with Crippen molar-refractivity contribution in [3.05, 3.63) is 34.3 Å². The molecule has 0 bridgehead atoms. The zero-order valence-electron chi connectivity index (χ0n) is 10.6. The molecule has 0 amide bonds. The van der Waals surface area contributed by atoms with Crippen LogP contribution >= 0.6 is 15.9 Å². The Balaban J connectivity index is 2.67. The Labute approximate surface area is 108 Å². The van der Waals surface area contributed by atoms with Gasteiger partial charge in [0.05, 0.1) is 0 Å². The van der Waals surface area contributed by atoms with E-state index < -0.39 is 0 Å². The average Bonchev–Trinajstić information content (AvgIpc) is 2.25. The summed E-state index contributed by atoms with van der Waals surface area (Å²) in [5.41, 5.74) is 1.34. The maximum atomic E-state index is 3.69. The van der Waals surface area contributed by atoms with Crippen LogP contribution in [-0.4, -0.2) is 6.04 Å². The highest BCUT2D eigenvalue weighted by Crippen LogP contribution is 2.20. The predicted octanol–water partition coefficient (Wildman–Crippen LogP) is 4.53. The molecule has 1 aromatic rings. The highest BCUT2D eigenvalue weighted by molar-refractivity contribution is 9.10. The molecule has 0 saturated carbocycles. The molecule has 1 N–H and O–H groups in total. The number of benzene rings is 1. The van der Waals surface area contributed by atoms with Gasteiger partial charge in [-0.05, 0) is 37.0 Å². The molecule has 16 heavy (non-hydrogen) atoms. The van der Waals surface area contributed by atoms with Crippen molar-refractivity contribution in [1.82, 2.24) is 5.32 Å². The molecule has 0 aromatic heterocycles. The molecule has 1 aromatic carbocycles. The smallest absolute Gasteiger partial charge is 0.0294 e. The summed E-state index contributed by atoms with van der Waals surface area (Å²) in [5.74, 6) is 0.680.